The first-order valence-electron chi connectivity index (χ1n) is 7.22. The van der Waals surface area contributed by atoms with E-state index < -0.39 is 0 Å². The van der Waals surface area contributed by atoms with Crippen molar-refractivity contribution < 1.29 is 4.48 Å². The molecule has 0 aromatic carbocycles. The number of hydrogen-bond acceptors (Lipinski definition) is 0. The van der Waals surface area contributed by atoms with E-state index in [9.17, 15) is 0 Å². The lowest BCUT2D eigenvalue weighted by molar-refractivity contribution is -0.887. The molecule has 0 bridgehead atoms. The highest BCUT2D eigenvalue weighted by molar-refractivity contribution is 5.17. The predicted octanol–water partition coefficient (Wildman–Crippen LogP) is 4.27. The van der Waals surface area contributed by atoms with Crippen molar-refractivity contribution in [1.82, 2.24) is 0 Å². The van der Waals surface area contributed by atoms with Crippen LogP contribution in [0.15, 0.2) is 23.8 Å². The molecule has 0 aromatic rings. The molecule has 1 aliphatic rings. The molecule has 0 fully saturated rings. The van der Waals surface area contributed by atoms with Crippen molar-refractivity contribution >= 4 is 0 Å². The summed E-state index contributed by atoms with van der Waals surface area (Å²) < 4.78 is 0.993. The highest BCUT2D eigenvalue weighted by Gasteiger charge is 2.33. The Balaban J connectivity index is 2.87. The Morgan fingerprint density at radius 2 is 1.89 bits per heavy atom. The molecule has 3 unspecified atom stereocenters. The monoisotopic (exact) mass is 250 g/mol. The molecule has 3 atom stereocenters. The van der Waals surface area contributed by atoms with Gasteiger partial charge >= 0.3 is 0 Å². The van der Waals surface area contributed by atoms with Crippen LogP contribution < -0.4 is 0 Å². The number of hydrogen-bond donors (Lipinski definition) is 0. The first-order valence-corrected chi connectivity index (χ1v) is 7.22. The summed E-state index contributed by atoms with van der Waals surface area (Å²) in [6.45, 7) is 11.7. The molecule has 0 aromatic heterocycles. The Labute approximate surface area is 114 Å². The minimum absolute atomic E-state index is 0.294. The topological polar surface area (TPSA) is 0 Å². The van der Waals surface area contributed by atoms with Crippen molar-refractivity contribution in [1.29, 1.82) is 0 Å². The van der Waals surface area contributed by atoms with Gasteiger partial charge in [-0.05, 0) is 43.6 Å². The molecule has 18 heavy (non-hydrogen) atoms. The van der Waals surface area contributed by atoms with Crippen LogP contribution in [-0.2, 0) is 0 Å². The van der Waals surface area contributed by atoms with E-state index >= 15 is 0 Å². The zero-order chi connectivity index (χ0) is 14.1. The quantitative estimate of drug-likeness (QED) is 0.518. The van der Waals surface area contributed by atoms with Crippen LogP contribution in [0.4, 0.5) is 0 Å². The van der Waals surface area contributed by atoms with E-state index in [-0.39, 0.29) is 0 Å². The van der Waals surface area contributed by atoms with Gasteiger partial charge in [0.1, 0.15) is 6.04 Å². The molecule has 0 heterocycles. The highest BCUT2D eigenvalue weighted by atomic mass is 15.3. The third-order valence-electron chi connectivity index (χ3n) is 4.55. The average Bonchev–Trinajstić information content (AvgIpc) is 2.12. The maximum absolute atomic E-state index is 2.47. The zero-order valence-electron chi connectivity index (χ0n) is 13.6. The molecule has 1 nitrogen and oxygen atoms in total. The lowest BCUT2D eigenvalue weighted by atomic mass is 9.66. The summed E-state index contributed by atoms with van der Waals surface area (Å²) in [5.41, 5.74) is 1.85. The molecule has 0 amide bonds. The van der Waals surface area contributed by atoms with Gasteiger partial charge in [-0.1, -0.05) is 38.5 Å². The lowest BCUT2D eigenvalue weighted by Gasteiger charge is -2.39. The molecule has 0 radical (unpaired) electrons. The molecule has 0 saturated heterocycles. The average molecular weight is 250 g/mol. The van der Waals surface area contributed by atoms with Crippen LogP contribution in [0.25, 0.3) is 0 Å². The van der Waals surface area contributed by atoms with E-state index in [1.165, 1.54) is 6.42 Å². The van der Waals surface area contributed by atoms with Gasteiger partial charge in [0.05, 0.1) is 21.1 Å². The molecule has 0 aliphatic heterocycles. The number of allylic oxidation sites excluding steroid dienone is 3. The molecule has 0 saturated carbocycles. The molecular weight excluding hydrogens is 218 g/mol. The Bertz CT molecular complexity index is 341. The fourth-order valence-electron chi connectivity index (χ4n) is 3.13. The third-order valence-corrected chi connectivity index (χ3v) is 4.55. The Kier molecular flexibility index (Phi) is 4.48. The van der Waals surface area contributed by atoms with E-state index in [4.69, 9.17) is 0 Å². The van der Waals surface area contributed by atoms with Crippen molar-refractivity contribution in [2.45, 2.75) is 47.1 Å². The summed E-state index contributed by atoms with van der Waals surface area (Å²) in [7, 11) is 6.78. The standard InChI is InChI=1S/C17H32N/c1-13-11-14(2)16(17(4,5)12-13)10-9-15(3)18(6,7)8/h9-10,12,14-16H,11H2,1-8H3/q+1/b10-9+. The number of rotatable bonds is 3. The first-order chi connectivity index (χ1) is 8.04. The molecule has 1 rings (SSSR count). The maximum atomic E-state index is 2.47. The smallest absolute Gasteiger partial charge is 0.104 e. The first kappa shape index (κ1) is 15.5. The minimum atomic E-state index is 0.294. The van der Waals surface area contributed by atoms with Crippen LogP contribution in [-0.4, -0.2) is 31.7 Å². The van der Waals surface area contributed by atoms with Gasteiger partial charge in [0, 0.05) is 0 Å². The van der Waals surface area contributed by atoms with Crippen molar-refractivity contribution in [2.24, 2.45) is 17.3 Å². The summed E-state index contributed by atoms with van der Waals surface area (Å²) in [5, 5.41) is 0. The van der Waals surface area contributed by atoms with Crippen LogP contribution in [0, 0.1) is 17.3 Å². The Morgan fingerprint density at radius 3 is 2.33 bits per heavy atom. The van der Waals surface area contributed by atoms with Crippen molar-refractivity contribution in [3.8, 4) is 0 Å². The zero-order valence-corrected chi connectivity index (χ0v) is 13.6. The molecule has 0 N–H and O–H groups in total. The van der Waals surface area contributed by atoms with Gasteiger partial charge in [0.2, 0.25) is 0 Å². The molecule has 1 heteroatoms. The Hall–Kier alpha value is -0.560. The second kappa shape index (κ2) is 5.21. The number of nitrogens with zero attached hydrogens (tertiary/aromatic N) is 1. The normalized spacial score (nSPS) is 30.3. The maximum Gasteiger partial charge on any atom is 0.104 e. The summed E-state index contributed by atoms with van der Waals surface area (Å²) in [4.78, 5) is 0. The lowest BCUT2D eigenvalue weighted by Crippen LogP contribution is -2.42. The highest BCUT2D eigenvalue weighted by Crippen LogP contribution is 2.43. The second-order valence-corrected chi connectivity index (χ2v) is 7.76. The van der Waals surface area contributed by atoms with Crippen molar-refractivity contribution in [3.63, 3.8) is 0 Å². The van der Waals surface area contributed by atoms with Gasteiger partial charge in [-0.2, -0.15) is 0 Å². The van der Waals surface area contributed by atoms with Crippen LogP contribution in [0.1, 0.15) is 41.0 Å². The number of likely N-dealkylation sites (N-methyl/N-ethyl adjacent to an activating group) is 1. The van der Waals surface area contributed by atoms with Gasteiger partial charge in [-0.15, -0.1) is 0 Å². The molecule has 0 spiro atoms. The van der Waals surface area contributed by atoms with Gasteiger partial charge in [0.25, 0.3) is 0 Å². The van der Waals surface area contributed by atoms with Crippen LogP contribution in [0.5, 0.6) is 0 Å². The summed E-state index contributed by atoms with van der Waals surface area (Å²) in [5.74, 6) is 1.41. The van der Waals surface area contributed by atoms with Crippen molar-refractivity contribution in [3.05, 3.63) is 23.8 Å². The summed E-state index contributed by atoms with van der Waals surface area (Å²) >= 11 is 0. The van der Waals surface area contributed by atoms with E-state index in [0.717, 1.165) is 10.4 Å². The van der Waals surface area contributed by atoms with Crippen LogP contribution in [0.2, 0.25) is 0 Å². The van der Waals surface area contributed by atoms with Crippen LogP contribution >= 0.6 is 0 Å². The number of quaternary nitrogens is 1. The van der Waals surface area contributed by atoms with Gasteiger partial charge in [-0.25, -0.2) is 0 Å². The largest absolute Gasteiger partial charge is 0.325 e. The van der Waals surface area contributed by atoms with Gasteiger partial charge < -0.3 is 4.48 Å². The Morgan fingerprint density at radius 1 is 1.33 bits per heavy atom. The molecule has 104 valence electrons. The minimum Gasteiger partial charge on any atom is -0.325 e. The van der Waals surface area contributed by atoms with Gasteiger partial charge in [0.15, 0.2) is 0 Å². The fraction of sp³-hybridized carbons (Fsp3) is 0.765. The summed E-state index contributed by atoms with van der Waals surface area (Å²) in [6.07, 6.45) is 8.61. The summed E-state index contributed by atoms with van der Waals surface area (Å²) in [6, 6.07) is 0.569. The molecular formula is C17H32N+. The van der Waals surface area contributed by atoms with Crippen molar-refractivity contribution in [2.75, 3.05) is 21.1 Å². The predicted molar refractivity (Wildman–Crippen MR) is 81.4 cm³/mol. The van der Waals surface area contributed by atoms with E-state index in [0.29, 0.717) is 17.4 Å². The van der Waals surface area contributed by atoms with E-state index in [2.05, 4.69) is 74.0 Å². The fourth-order valence-corrected chi connectivity index (χ4v) is 3.13. The van der Waals surface area contributed by atoms with Gasteiger partial charge in [-0.3, -0.25) is 0 Å². The second-order valence-electron chi connectivity index (χ2n) is 7.76. The molecule has 1 aliphatic carbocycles. The van der Waals surface area contributed by atoms with Crippen LogP contribution in [0.3, 0.4) is 0 Å². The third kappa shape index (κ3) is 3.71. The SMILES string of the molecule is CC1=CC(C)(C)C(/C=C/C(C)[N+](C)(C)C)C(C)C1. The van der Waals surface area contributed by atoms with E-state index in [1.54, 1.807) is 5.57 Å². The van der Waals surface area contributed by atoms with E-state index in [1.807, 2.05) is 0 Å².